The molecule has 5 rings (SSSR count). The molecule has 1 N–H and O–H groups in total. The van der Waals surface area contributed by atoms with Crippen molar-refractivity contribution in [1.82, 2.24) is 19.1 Å². The van der Waals surface area contributed by atoms with Crippen LogP contribution in [-0.4, -0.2) is 53.1 Å². The van der Waals surface area contributed by atoms with Gasteiger partial charge in [0.05, 0.1) is 7.11 Å². The zero-order chi connectivity index (χ0) is 26.0. The van der Waals surface area contributed by atoms with Crippen molar-refractivity contribution in [3.63, 3.8) is 0 Å². The zero-order valence-electron chi connectivity index (χ0n) is 21.3. The quantitative estimate of drug-likeness (QED) is 0.510. The average Bonchev–Trinajstić information content (AvgIpc) is 3.16. The summed E-state index contributed by atoms with van der Waals surface area (Å²) in [7, 11) is -2.38. The van der Waals surface area contributed by atoms with Gasteiger partial charge in [0, 0.05) is 42.4 Å². The number of rotatable bonds is 6. The lowest BCUT2D eigenvalue weighted by molar-refractivity contribution is 0.102. The van der Waals surface area contributed by atoms with Crippen molar-refractivity contribution >= 4 is 21.6 Å². The molecule has 0 bridgehead atoms. The number of aryl methyl sites for hydroxylation is 1. The minimum Gasteiger partial charge on any atom is -0.495 e. The van der Waals surface area contributed by atoms with Gasteiger partial charge in [-0.25, -0.2) is 8.42 Å². The predicted octanol–water partition coefficient (Wildman–Crippen LogP) is 4.50. The van der Waals surface area contributed by atoms with Crippen molar-refractivity contribution in [2.75, 3.05) is 19.0 Å². The Labute approximate surface area is 217 Å². The lowest BCUT2D eigenvalue weighted by Crippen LogP contribution is -2.42. The molecule has 2 aliphatic rings. The number of nitrogens with zero attached hydrogens (tertiary/aromatic N) is 4. The van der Waals surface area contributed by atoms with Gasteiger partial charge in [0.15, 0.2) is 5.82 Å². The number of sulfonamides is 1. The number of nitrogens with one attached hydrogen (secondary N) is 1. The molecular weight excluding hydrogens is 490 g/mol. The average molecular weight is 524 g/mol. The summed E-state index contributed by atoms with van der Waals surface area (Å²) in [5.74, 6) is 1.70. The lowest BCUT2D eigenvalue weighted by atomic mass is 10.1. The van der Waals surface area contributed by atoms with Gasteiger partial charge in [0.1, 0.15) is 16.5 Å². The highest BCUT2D eigenvalue weighted by molar-refractivity contribution is 7.89. The molecule has 196 valence electrons. The fourth-order valence-electron chi connectivity index (χ4n) is 5.18. The minimum absolute atomic E-state index is 0.0132. The second kappa shape index (κ2) is 10.6. The molecule has 3 aromatic rings. The van der Waals surface area contributed by atoms with E-state index in [-0.39, 0.29) is 22.3 Å². The maximum absolute atomic E-state index is 13.5. The minimum atomic E-state index is -3.81. The number of piperidine rings is 1. The number of amides is 1. The Bertz CT molecular complexity index is 1380. The number of hydrogen-bond acceptors (Lipinski definition) is 6. The molecule has 0 spiro atoms. The second-order valence-electron chi connectivity index (χ2n) is 9.76. The number of ether oxygens (including phenoxy) is 1. The number of methoxy groups -OCH3 is 1. The molecule has 2 aliphatic heterocycles. The van der Waals surface area contributed by atoms with Gasteiger partial charge in [-0.1, -0.05) is 12.8 Å². The molecule has 1 atom stereocenters. The first-order valence-electron chi connectivity index (χ1n) is 12.9. The fraction of sp³-hybridized carbons (Fsp3) is 0.444. The topological polar surface area (TPSA) is 106 Å². The summed E-state index contributed by atoms with van der Waals surface area (Å²) in [6.45, 7) is 3.29. The smallest absolute Gasteiger partial charge is 0.255 e. The van der Waals surface area contributed by atoms with E-state index in [4.69, 9.17) is 4.74 Å². The van der Waals surface area contributed by atoms with E-state index >= 15 is 0 Å². The standard InChI is InChI=1S/C27H33N5O4S/c1-19-8-5-7-17-32(19)37(34,35)24-18-21(12-15-23(24)36-2)27(33)28-22-13-10-20(11-14-22)26-30-29-25-9-4-3-6-16-31(25)26/h10-15,18-19H,3-9,16-17H2,1-2H3,(H,28,33)/t19-/m0/s1. The summed E-state index contributed by atoms with van der Waals surface area (Å²) < 4.78 is 36.0. The van der Waals surface area contributed by atoms with Crippen molar-refractivity contribution < 1.29 is 17.9 Å². The first-order valence-corrected chi connectivity index (χ1v) is 14.4. The second-order valence-corrected chi connectivity index (χ2v) is 11.6. The molecule has 1 fully saturated rings. The van der Waals surface area contributed by atoms with Gasteiger partial charge in [-0.05, 0) is 75.1 Å². The Morgan fingerprint density at radius 3 is 2.54 bits per heavy atom. The van der Waals surface area contributed by atoms with Gasteiger partial charge in [0.2, 0.25) is 10.0 Å². The molecule has 2 aromatic carbocycles. The van der Waals surface area contributed by atoms with Crippen LogP contribution in [0.3, 0.4) is 0 Å². The molecule has 0 aliphatic carbocycles. The van der Waals surface area contributed by atoms with Crippen LogP contribution in [0.1, 0.15) is 61.6 Å². The third-order valence-electron chi connectivity index (χ3n) is 7.26. The van der Waals surface area contributed by atoms with Crippen LogP contribution in [0, 0.1) is 0 Å². The van der Waals surface area contributed by atoms with Crippen LogP contribution in [0.5, 0.6) is 5.75 Å². The van der Waals surface area contributed by atoms with Crippen LogP contribution in [0.2, 0.25) is 0 Å². The Hall–Kier alpha value is -3.24. The molecule has 0 saturated carbocycles. The van der Waals surface area contributed by atoms with Crippen LogP contribution < -0.4 is 10.1 Å². The Balaban J connectivity index is 1.36. The molecular formula is C27H33N5O4S. The Morgan fingerprint density at radius 2 is 1.78 bits per heavy atom. The summed E-state index contributed by atoms with van der Waals surface area (Å²) in [6, 6.07) is 11.9. The molecule has 1 saturated heterocycles. The van der Waals surface area contributed by atoms with E-state index in [1.807, 2.05) is 31.2 Å². The number of aromatic nitrogens is 3. The molecule has 1 aromatic heterocycles. The van der Waals surface area contributed by atoms with Crippen LogP contribution in [0.25, 0.3) is 11.4 Å². The van der Waals surface area contributed by atoms with E-state index in [0.717, 1.165) is 62.3 Å². The maximum atomic E-state index is 13.5. The lowest BCUT2D eigenvalue weighted by Gasteiger charge is -2.32. The van der Waals surface area contributed by atoms with Gasteiger partial charge in [-0.3, -0.25) is 4.79 Å². The summed E-state index contributed by atoms with van der Waals surface area (Å²) in [5.41, 5.74) is 1.79. The van der Waals surface area contributed by atoms with E-state index in [2.05, 4.69) is 20.1 Å². The largest absolute Gasteiger partial charge is 0.495 e. The van der Waals surface area contributed by atoms with Crippen molar-refractivity contribution in [3.05, 3.63) is 53.9 Å². The van der Waals surface area contributed by atoms with Gasteiger partial charge in [-0.2, -0.15) is 4.31 Å². The highest BCUT2D eigenvalue weighted by Gasteiger charge is 2.33. The van der Waals surface area contributed by atoms with Crippen LogP contribution >= 0.6 is 0 Å². The van der Waals surface area contributed by atoms with Crippen molar-refractivity contribution in [3.8, 4) is 17.1 Å². The SMILES string of the molecule is COc1ccc(C(=O)Nc2ccc(-c3nnc4n3CCCCC4)cc2)cc1S(=O)(=O)N1CCCC[C@@H]1C. The monoisotopic (exact) mass is 523 g/mol. The first-order chi connectivity index (χ1) is 17.9. The number of anilines is 1. The van der Waals surface area contributed by atoms with Crippen LogP contribution in [-0.2, 0) is 23.0 Å². The first kappa shape index (κ1) is 25.4. The maximum Gasteiger partial charge on any atom is 0.255 e. The van der Waals surface area contributed by atoms with Gasteiger partial charge >= 0.3 is 0 Å². The third-order valence-corrected chi connectivity index (χ3v) is 9.30. The van der Waals surface area contributed by atoms with Crippen LogP contribution in [0.4, 0.5) is 5.69 Å². The summed E-state index contributed by atoms with van der Waals surface area (Å²) in [5, 5.41) is 11.6. The van der Waals surface area contributed by atoms with E-state index in [1.165, 1.54) is 30.0 Å². The van der Waals surface area contributed by atoms with E-state index < -0.39 is 15.9 Å². The molecule has 3 heterocycles. The van der Waals surface area contributed by atoms with E-state index in [0.29, 0.717) is 12.2 Å². The summed E-state index contributed by atoms with van der Waals surface area (Å²) in [6.07, 6.45) is 7.02. The molecule has 0 unspecified atom stereocenters. The Kier molecular flexibility index (Phi) is 7.30. The van der Waals surface area contributed by atoms with Crippen molar-refractivity contribution in [2.45, 2.75) is 69.4 Å². The summed E-state index contributed by atoms with van der Waals surface area (Å²) >= 11 is 0. The van der Waals surface area contributed by atoms with Crippen LogP contribution in [0.15, 0.2) is 47.4 Å². The fourth-order valence-corrected chi connectivity index (χ4v) is 7.06. The predicted molar refractivity (Wildman–Crippen MR) is 141 cm³/mol. The highest BCUT2D eigenvalue weighted by Crippen LogP contribution is 2.32. The van der Waals surface area contributed by atoms with Gasteiger partial charge < -0.3 is 14.6 Å². The number of hydrogen-bond donors (Lipinski definition) is 1. The number of carbonyl (C=O) groups is 1. The van der Waals surface area contributed by atoms with Gasteiger partial charge in [-0.15, -0.1) is 10.2 Å². The molecule has 37 heavy (non-hydrogen) atoms. The Morgan fingerprint density at radius 1 is 1.00 bits per heavy atom. The molecule has 9 nitrogen and oxygen atoms in total. The van der Waals surface area contributed by atoms with Crippen molar-refractivity contribution in [1.29, 1.82) is 0 Å². The van der Waals surface area contributed by atoms with Crippen molar-refractivity contribution in [2.24, 2.45) is 0 Å². The van der Waals surface area contributed by atoms with E-state index in [9.17, 15) is 13.2 Å². The normalized spacial score (nSPS) is 18.6. The number of benzene rings is 2. The molecule has 0 radical (unpaired) electrons. The highest BCUT2D eigenvalue weighted by atomic mass is 32.2. The van der Waals surface area contributed by atoms with Gasteiger partial charge in [0.25, 0.3) is 5.91 Å². The number of carbonyl (C=O) groups excluding carboxylic acids is 1. The zero-order valence-corrected chi connectivity index (χ0v) is 22.1. The molecule has 10 heteroatoms. The third kappa shape index (κ3) is 5.13. The summed E-state index contributed by atoms with van der Waals surface area (Å²) in [4.78, 5) is 13.1. The number of fused-ring (bicyclic) bond motifs is 1. The van der Waals surface area contributed by atoms with E-state index in [1.54, 1.807) is 6.07 Å². The molecule has 1 amide bonds.